The lowest BCUT2D eigenvalue weighted by atomic mass is 9.97. The second kappa shape index (κ2) is 8.10. The Kier molecular flexibility index (Phi) is 5.60. The summed E-state index contributed by atoms with van der Waals surface area (Å²) in [4.78, 5) is 12.6. The van der Waals surface area contributed by atoms with E-state index in [1.54, 1.807) is 24.6 Å². The Morgan fingerprint density at radius 3 is 2.36 bits per heavy atom. The van der Waals surface area contributed by atoms with Crippen molar-refractivity contribution in [1.82, 2.24) is 4.57 Å². The molecule has 0 fully saturated rings. The summed E-state index contributed by atoms with van der Waals surface area (Å²) in [5.41, 5.74) is 4.57. The number of rotatable bonds is 5. The second-order valence-corrected chi connectivity index (χ2v) is 6.38. The van der Waals surface area contributed by atoms with E-state index in [1.165, 1.54) is 12.1 Å². The first-order chi connectivity index (χ1) is 13.5. The number of carbonyl (C=O) groups is 1. The number of halogens is 1. The summed E-state index contributed by atoms with van der Waals surface area (Å²) in [6, 6.07) is 16.0. The van der Waals surface area contributed by atoms with E-state index < -0.39 is 5.97 Å². The standard InChI is InChI=1S/C23H21FN2O2/c1-4-20-19(14-25)21(22(26(20)3)23(27)28-5-2)16-11-9-15(10-12-16)17-7-6-8-18(24)13-17/h6-13H,4-5H2,1-3H3. The average molecular weight is 376 g/mol. The maximum atomic E-state index is 13.5. The van der Waals surface area contributed by atoms with Gasteiger partial charge in [0.15, 0.2) is 0 Å². The van der Waals surface area contributed by atoms with Crippen molar-refractivity contribution in [1.29, 1.82) is 5.26 Å². The van der Waals surface area contributed by atoms with Crippen molar-refractivity contribution in [3.05, 3.63) is 71.3 Å². The normalized spacial score (nSPS) is 10.5. The molecule has 2 aromatic carbocycles. The van der Waals surface area contributed by atoms with Crippen LogP contribution >= 0.6 is 0 Å². The molecule has 0 aliphatic carbocycles. The number of aromatic nitrogens is 1. The molecule has 0 radical (unpaired) electrons. The molecule has 28 heavy (non-hydrogen) atoms. The molecule has 0 bridgehead atoms. The highest BCUT2D eigenvalue weighted by atomic mass is 19.1. The van der Waals surface area contributed by atoms with Crippen LogP contribution in [0.1, 0.15) is 35.6 Å². The molecule has 0 unspecified atom stereocenters. The number of esters is 1. The zero-order valence-electron chi connectivity index (χ0n) is 16.1. The Labute approximate surface area is 163 Å². The van der Waals surface area contributed by atoms with Gasteiger partial charge in [-0.1, -0.05) is 43.3 Å². The highest BCUT2D eigenvalue weighted by Crippen LogP contribution is 2.34. The van der Waals surface area contributed by atoms with Crippen LogP contribution in [0.2, 0.25) is 0 Å². The molecule has 0 N–H and O–H groups in total. The fourth-order valence-corrected chi connectivity index (χ4v) is 3.48. The largest absolute Gasteiger partial charge is 0.461 e. The van der Waals surface area contributed by atoms with Gasteiger partial charge in [-0.3, -0.25) is 0 Å². The number of nitrogens with zero attached hydrogens (tertiary/aromatic N) is 2. The van der Waals surface area contributed by atoms with Crippen LogP contribution in [0.15, 0.2) is 48.5 Å². The maximum Gasteiger partial charge on any atom is 0.355 e. The minimum absolute atomic E-state index is 0.255. The third kappa shape index (κ3) is 3.41. The van der Waals surface area contributed by atoms with Crippen LogP contribution in [0.4, 0.5) is 4.39 Å². The Morgan fingerprint density at radius 2 is 1.79 bits per heavy atom. The van der Waals surface area contributed by atoms with Gasteiger partial charge < -0.3 is 9.30 Å². The van der Waals surface area contributed by atoms with Gasteiger partial charge in [-0.05, 0) is 42.2 Å². The van der Waals surface area contributed by atoms with E-state index in [2.05, 4.69) is 6.07 Å². The Balaban J connectivity index is 2.15. The number of nitriles is 1. The highest BCUT2D eigenvalue weighted by Gasteiger charge is 2.26. The van der Waals surface area contributed by atoms with Gasteiger partial charge in [-0.25, -0.2) is 9.18 Å². The molecule has 3 rings (SSSR count). The molecule has 0 amide bonds. The third-order valence-corrected chi connectivity index (χ3v) is 4.76. The topological polar surface area (TPSA) is 55.0 Å². The third-order valence-electron chi connectivity index (χ3n) is 4.76. The van der Waals surface area contributed by atoms with Crippen LogP contribution in [0.5, 0.6) is 0 Å². The van der Waals surface area contributed by atoms with Crippen molar-refractivity contribution in [2.45, 2.75) is 20.3 Å². The van der Waals surface area contributed by atoms with Gasteiger partial charge in [0.1, 0.15) is 17.6 Å². The first-order valence-corrected chi connectivity index (χ1v) is 9.16. The predicted molar refractivity (Wildman–Crippen MR) is 106 cm³/mol. The Bertz CT molecular complexity index is 1060. The van der Waals surface area contributed by atoms with E-state index in [4.69, 9.17) is 4.74 Å². The van der Waals surface area contributed by atoms with Crippen LogP contribution in [-0.2, 0) is 18.2 Å². The summed E-state index contributed by atoms with van der Waals surface area (Å²) in [5.74, 6) is -0.751. The molecule has 3 aromatic rings. The van der Waals surface area contributed by atoms with Crippen LogP contribution < -0.4 is 0 Å². The number of benzene rings is 2. The van der Waals surface area contributed by atoms with E-state index in [0.717, 1.165) is 22.4 Å². The molecular weight excluding hydrogens is 355 g/mol. The fourth-order valence-electron chi connectivity index (χ4n) is 3.48. The minimum atomic E-state index is -0.453. The summed E-state index contributed by atoms with van der Waals surface area (Å²) < 4.78 is 20.5. The lowest BCUT2D eigenvalue weighted by Gasteiger charge is -2.09. The summed E-state index contributed by atoms with van der Waals surface area (Å²) in [6.45, 7) is 3.95. The van der Waals surface area contributed by atoms with Crippen LogP contribution in [0.3, 0.4) is 0 Å². The molecule has 4 nitrogen and oxygen atoms in total. The smallest absolute Gasteiger partial charge is 0.355 e. The van der Waals surface area contributed by atoms with Crippen molar-refractivity contribution < 1.29 is 13.9 Å². The minimum Gasteiger partial charge on any atom is -0.461 e. The van der Waals surface area contributed by atoms with E-state index in [1.807, 2.05) is 37.3 Å². The molecule has 5 heteroatoms. The van der Waals surface area contributed by atoms with Gasteiger partial charge >= 0.3 is 5.97 Å². The zero-order chi connectivity index (χ0) is 20.3. The van der Waals surface area contributed by atoms with Crippen LogP contribution in [-0.4, -0.2) is 17.1 Å². The molecule has 0 spiro atoms. The molecule has 0 aliphatic heterocycles. The second-order valence-electron chi connectivity index (χ2n) is 6.38. The number of carbonyl (C=O) groups excluding carboxylic acids is 1. The van der Waals surface area contributed by atoms with E-state index in [-0.39, 0.29) is 12.4 Å². The van der Waals surface area contributed by atoms with Gasteiger partial charge in [0.25, 0.3) is 0 Å². The van der Waals surface area contributed by atoms with Crippen LogP contribution in [0, 0.1) is 17.1 Å². The van der Waals surface area contributed by atoms with Gasteiger partial charge in [0.2, 0.25) is 0 Å². The molecule has 1 aromatic heterocycles. The molecule has 0 atom stereocenters. The molecule has 0 aliphatic rings. The molecule has 142 valence electrons. The van der Waals surface area contributed by atoms with Gasteiger partial charge in [0, 0.05) is 18.3 Å². The van der Waals surface area contributed by atoms with Gasteiger partial charge in [-0.15, -0.1) is 0 Å². The van der Waals surface area contributed by atoms with E-state index >= 15 is 0 Å². The number of ether oxygens (including phenoxy) is 1. The van der Waals surface area contributed by atoms with E-state index in [9.17, 15) is 14.4 Å². The Hall–Kier alpha value is -3.39. The average Bonchev–Trinajstić information content (AvgIpc) is 2.99. The summed E-state index contributed by atoms with van der Waals surface area (Å²) in [6.07, 6.45) is 0.618. The van der Waals surface area contributed by atoms with Gasteiger partial charge in [0.05, 0.1) is 12.2 Å². The lowest BCUT2D eigenvalue weighted by Crippen LogP contribution is -2.12. The lowest BCUT2D eigenvalue weighted by molar-refractivity contribution is 0.0516. The van der Waals surface area contributed by atoms with Crippen molar-refractivity contribution in [3.8, 4) is 28.3 Å². The molecule has 1 heterocycles. The monoisotopic (exact) mass is 376 g/mol. The van der Waals surface area contributed by atoms with Crippen molar-refractivity contribution in [3.63, 3.8) is 0 Å². The maximum absolute atomic E-state index is 13.5. The SMILES string of the molecule is CCOC(=O)c1c(-c2ccc(-c3cccc(F)c3)cc2)c(C#N)c(CC)n1C. The molecule has 0 saturated carbocycles. The fraction of sp³-hybridized carbons (Fsp3) is 0.217. The predicted octanol–water partition coefficient (Wildman–Crippen LogP) is 5.11. The first-order valence-electron chi connectivity index (χ1n) is 9.16. The van der Waals surface area contributed by atoms with Crippen molar-refractivity contribution in [2.24, 2.45) is 7.05 Å². The first kappa shape index (κ1) is 19.4. The Morgan fingerprint density at radius 1 is 1.11 bits per heavy atom. The molecule has 0 saturated heterocycles. The number of hydrogen-bond donors (Lipinski definition) is 0. The van der Waals surface area contributed by atoms with Gasteiger partial charge in [-0.2, -0.15) is 5.26 Å². The summed E-state index contributed by atoms with van der Waals surface area (Å²) >= 11 is 0. The summed E-state index contributed by atoms with van der Waals surface area (Å²) in [7, 11) is 1.77. The van der Waals surface area contributed by atoms with Crippen molar-refractivity contribution in [2.75, 3.05) is 6.61 Å². The molecular formula is C23H21FN2O2. The van der Waals surface area contributed by atoms with Crippen molar-refractivity contribution >= 4 is 5.97 Å². The quantitative estimate of drug-likeness (QED) is 0.582. The number of hydrogen-bond acceptors (Lipinski definition) is 3. The summed E-state index contributed by atoms with van der Waals surface area (Å²) in [5, 5.41) is 9.75. The van der Waals surface area contributed by atoms with Crippen LogP contribution in [0.25, 0.3) is 22.3 Å². The van der Waals surface area contributed by atoms with E-state index in [0.29, 0.717) is 23.2 Å². The highest BCUT2D eigenvalue weighted by molar-refractivity contribution is 5.98. The zero-order valence-corrected chi connectivity index (χ0v) is 16.1.